The molecule has 1 N–H and O–H groups in total. The van der Waals surface area contributed by atoms with E-state index in [2.05, 4.69) is 0 Å². The van der Waals surface area contributed by atoms with Crippen molar-refractivity contribution in [3.8, 4) is 0 Å². The molecule has 1 aliphatic heterocycles. The van der Waals surface area contributed by atoms with E-state index in [1.54, 1.807) is 0 Å². The fourth-order valence-electron chi connectivity index (χ4n) is 2.68. The lowest BCUT2D eigenvalue weighted by molar-refractivity contribution is -0.147. The Hall–Kier alpha value is -1.34. The van der Waals surface area contributed by atoms with Gasteiger partial charge in [0.2, 0.25) is 0 Å². The molecule has 1 heterocycles. The molecule has 2 atom stereocenters. The fourth-order valence-corrected chi connectivity index (χ4v) is 2.98. The Balaban J connectivity index is 2.31. The Bertz CT molecular complexity index is 529. The van der Waals surface area contributed by atoms with Gasteiger partial charge in [0.15, 0.2) is 0 Å². The van der Waals surface area contributed by atoms with Crippen LogP contribution in [0.4, 0.5) is 17.6 Å². The summed E-state index contributed by atoms with van der Waals surface area (Å²) >= 11 is 5.89. The van der Waals surface area contributed by atoms with Crippen LogP contribution < -0.4 is 0 Å². The van der Waals surface area contributed by atoms with E-state index in [0.29, 0.717) is 0 Å². The van der Waals surface area contributed by atoms with E-state index < -0.39 is 36.3 Å². The zero-order valence-electron chi connectivity index (χ0n) is 10.7. The van der Waals surface area contributed by atoms with Crippen LogP contribution in [0.15, 0.2) is 18.2 Å². The molecule has 0 saturated carbocycles. The van der Waals surface area contributed by atoms with Gasteiger partial charge in [-0.3, -0.25) is 9.69 Å². The first-order valence-corrected chi connectivity index (χ1v) is 6.52. The summed E-state index contributed by atoms with van der Waals surface area (Å²) in [5.74, 6) is -3.99. The van der Waals surface area contributed by atoms with Crippen molar-refractivity contribution < 1.29 is 27.5 Å². The van der Waals surface area contributed by atoms with E-state index in [0.717, 1.165) is 11.0 Å². The number of rotatable bonds is 3. The molecule has 2 rings (SSSR count). The Kier molecular flexibility index (Phi) is 4.43. The third-order valence-corrected chi connectivity index (χ3v) is 3.82. The number of carboxylic acids is 1. The molecule has 1 fully saturated rings. The lowest BCUT2D eigenvalue weighted by atomic mass is 9.88. The number of halogens is 5. The molecule has 1 aliphatic rings. The molecule has 21 heavy (non-hydrogen) atoms. The lowest BCUT2D eigenvalue weighted by Gasteiger charge is -2.18. The van der Waals surface area contributed by atoms with Gasteiger partial charge in [0.25, 0.3) is 0 Å². The number of hydrogen-bond donors (Lipinski definition) is 1. The van der Waals surface area contributed by atoms with Crippen LogP contribution in [0.1, 0.15) is 11.5 Å². The maximum absolute atomic E-state index is 13.9. The van der Waals surface area contributed by atoms with Crippen molar-refractivity contribution in [2.75, 3.05) is 19.6 Å². The number of nitrogens with zero attached hydrogens (tertiary/aromatic N) is 1. The third-order valence-electron chi connectivity index (χ3n) is 3.49. The number of alkyl halides is 3. The van der Waals surface area contributed by atoms with E-state index in [9.17, 15) is 22.4 Å². The number of carbonyl (C=O) groups is 1. The molecular formula is C13H12ClF4NO2. The molecule has 0 unspecified atom stereocenters. The summed E-state index contributed by atoms with van der Waals surface area (Å²) in [5.41, 5.74) is -0.0313. The van der Waals surface area contributed by atoms with Crippen molar-refractivity contribution in [1.82, 2.24) is 4.90 Å². The minimum atomic E-state index is -4.43. The zero-order chi connectivity index (χ0) is 15.8. The van der Waals surface area contributed by atoms with Crippen molar-refractivity contribution in [3.63, 3.8) is 0 Å². The molecular weight excluding hydrogens is 314 g/mol. The van der Waals surface area contributed by atoms with Gasteiger partial charge in [-0.25, -0.2) is 4.39 Å². The summed E-state index contributed by atoms with van der Waals surface area (Å²) in [6.45, 7) is -1.71. The molecule has 0 spiro atoms. The summed E-state index contributed by atoms with van der Waals surface area (Å²) in [5, 5.41) is 9.20. The Labute approximate surface area is 123 Å². The number of benzene rings is 1. The van der Waals surface area contributed by atoms with Crippen LogP contribution in [0.25, 0.3) is 0 Å². The van der Waals surface area contributed by atoms with E-state index in [1.165, 1.54) is 12.1 Å². The maximum Gasteiger partial charge on any atom is 0.401 e. The van der Waals surface area contributed by atoms with Crippen LogP contribution in [0.3, 0.4) is 0 Å². The fraction of sp³-hybridized carbons (Fsp3) is 0.462. The highest BCUT2D eigenvalue weighted by molar-refractivity contribution is 6.31. The van der Waals surface area contributed by atoms with Gasteiger partial charge in [0.1, 0.15) is 5.82 Å². The first-order valence-electron chi connectivity index (χ1n) is 6.15. The molecule has 1 aromatic rings. The van der Waals surface area contributed by atoms with Crippen molar-refractivity contribution in [2.24, 2.45) is 5.92 Å². The van der Waals surface area contributed by atoms with Crippen LogP contribution in [-0.4, -0.2) is 41.8 Å². The zero-order valence-corrected chi connectivity index (χ0v) is 11.5. The monoisotopic (exact) mass is 325 g/mol. The number of hydrogen-bond acceptors (Lipinski definition) is 2. The second-order valence-corrected chi connectivity index (χ2v) is 5.40. The summed E-state index contributed by atoms with van der Waals surface area (Å²) in [6, 6.07) is 3.87. The lowest BCUT2D eigenvalue weighted by Crippen LogP contribution is -2.33. The molecule has 0 bridgehead atoms. The van der Waals surface area contributed by atoms with Crippen molar-refractivity contribution in [2.45, 2.75) is 12.1 Å². The van der Waals surface area contributed by atoms with E-state index in [4.69, 9.17) is 16.7 Å². The summed E-state index contributed by atoms with van der Waals surface area (Å²) in [4.78, 5) is 12.2. The Morgan fingerprint density at radius 2 is 2.05 bits per heavy atom. The minimum Gasteiger partial charge on any atom is -0.481 e. The maximum atomic E-state index is 13.9. The average Bonchev–Trinajstić information content (AvgIpc) is 2.70. The molecule has 1 saturated heterocycles. The Morgan fingerprint density at radius 3 is 2.57 bits per heavy atom. The van der Waals surface area contributed by atoms with Gasteiger partial charge >= 0.3 is 12.1 Å². The molecule has 3 nitrogen and oxygen atoms in total. The van der Waals surface area contributed by atoms with Crippen LogP contribution in [0.2, 0.25) is 5.02 Å². The van der Waals surface area contributed by atoms with Gasteiger partial charge < -0.3 is 5.11 Å². The average molecular weight is 326 g/mol. The van der Waals surface area contributed by atoms with Gasteiger partial charge in [0.05, 0.1) is 12.5 Å². The highest BCUT2D eigenvalue weighted by Crippen LogP contribution is 2.38. The highest BCUT2D eigenvalue weighted by Gasteiger charge is 2.44. The predicted molar refractivity (Wildman–Crippen MR) is 67.8 cm³/mol. The van der Waals surface area contributed by atoms with E-state index >= 15 is 0 Å². The molecule has 0 aromatic heterocycles. The summed E-state index contributed by atoms with van der Waals surface area (Å²) in [6.07, 6.45) is -4.43. The molecule has 116 valence electrons. The summed E-state index contributed by atoms with van der Waals surface area (Å²) < 4.78 is 51.2. The Morgan fingerprint density at radius 1 is 1.38 bits per heavy atom. The topological polar surface area (TPSA) is 40.5 Å². The number of carboxylic acid groups (broad SMARTS) is 1. The molecule has 0 radical (unpaired) electrons. The van der Waals surface area contributed by atoms with Gasteiger partial charge in [0, 0.05) is 29.6 Å². The van der Waals surface area contributed by atoms with Gasteiger partial charge in [-0.05, 0) is 12.1 Å². The van der Waals surface area contributed by atoms with Crippen LogP contribution in [-0.2, 0) is 4.79 Å². The molecule has 8 heteroatoms. The standard InChI is InChI=1S/C13H12ClF4NO2/c14-9-2-1-3-10(15)11(9)7-4-19(6-13(16,17)18)5-8(7)12(20)21/h1-3,7-8H,4-6H2,(H,20,21)/t7-,8+/m0/s1. The second kappa shape index (κ2) is 5.81. The molecule has 0 aliphatic carbocycles. The molecule has 1 aromatic carbocycles. The van der Waals surface area contributed by atoms with Crippen molar-refractivity contribution in [3.05, 3.63) is 34.6 Å². The second-order valence-electron chi connectivity index (χ2n) is 5.00. The summed E-state index contributed by atoms with van der Waals surface area (Å²) in [7, 11) is 0. The minimum absolute atomic E-state index is 0.0279. The van der Waals surface area contributed by atoms with Gasteiger partial charge in [-0.1, -0.05) is 17.7 Å². The SMILES string of the molecule is O=C(O)[C@@H]1CN(CC(F)(F)F)C[C@@H]1c1c(F)cccc1Cl. The predicted octanol–water partition coefficient (Wildman–Crippen LogP) is 3.14. The number of aliphatic carboxylic acids is 1. The van der Waals surface area contributed by atoms with Crippen LogP contribution in [0.5, 0.6) is 0 Å². The first-order chi connectivity index (χ1) is 9.69. The van der Waals surface area contributed by atoms with Crippen LogP contribution >= 0.6 is 11.6 Å². The smallest absolute Gasteiger partial charge is 0.401 e. The number of likely N-dealkylation sites (tertiary alicyclic amines) is 1. The normalized spacial score (nSPS) is 23.5. The van der Waals surface area contributed by atoms with Crippen LogP contribution in [0, 0.1) is 11.7 Å². The third kappa shape index (κ3) is 3.65. The van der Waals surface area contributed by atoms with Crippen molar-refractivity contribution >= 4 is 17.6 Å². The largest absolute Gasteiger partial charge is 0.481 e. The highest BCUT2D eigenvalue weighted by atomic mass is 35.5. The first kappa shape index (κ1) is 16.0. The van der Waals surface area contributed by atoms with Crippen molar-refractivity contribution in [1.29, 1.82) is 0 Å². The van der Waals surface area contributed by atoms with E-state index in [1.807, 2.05) is 0 Å². The van der Waals surface area contributed by atoms with Gasteiger partial charge in [-0.15, -0.1) is 0 Å². The van der Waals surface area contributed by atoms with E-state index in [-0.39, 0.29) is 23.7 Å². The van der Waals surface area contributed by atoms with Gasteiger partial charge in [-0.2, -0.15) is 13.2 Å². The quantitative estimate of drug-likeness (QED) is 0.868. The molecule has 0 amide bonds.